The van der Waals surface area contributed by atoms with E-state index in [0.29, 0.717) is 39.0 Å². The highest BCUT2D eigenvalue weighted by Crippen LogP contribution is 2.08. The molecule has 0 bridgehead atoms. The minimum atomic E-state index is -0.833. The van der Waals surface area contributed by atoms with Gasteiger partial charge in [0.15, 0.2) is 0 Å². The Kier molecular flexibility index (Phi) is 26.2. The van der Waals surface area contributed by atoms with Crippen molar-refractivity contribution in [1.82, 2.24) is 10.6 Å². The quantitative estimate of drug-likeness (QED) is 0.117. The number of nitrogens with one attached hydrogen (secondary N) is 2. The number of unbranched alkanes of at least 4 members (excludes halogenated alkanes) is 9. The Hall–Kier alpha value is -1.75. The molecule has 0 saturated carbocycles. The average Bonchev–Trinajstić information content (AvgIpc) is 2.79. The second kappa shape index (κ2) is 25.9. The summed E-state index contributed by atoms with van der Waals surface area (Å²) in [7, 11) is 0. The smallest absolute Gasteiger partial charge is 0.300 e. The molecule has 0 aromatic heterocycles. The molecular formula is C24H52N6O4. The van der Waals surface area contributed by atoms with Gasteiger partial charge in [0.1, 0.15) is 0 Å². The van der Waals surface area contributed by atoms with E-state index in [1.807, 2.05) is 0 Å². The summed E-state index contributed by atoms with van der Waals surface area (Å²) < 4.78 is 0. The van der Waals surface area contributed by atoms with Crippen LogP contribution in [0.2, 0.25) is 0 Å². The van der Waals surface area contributed by atoms with Crippen LogP contribution >= 0.6 is 0 Å². The Morgan fingerprint density at radius 3 is 1.21 bits per heavy atom. The molecule has 0 aromatic carbocycles. The molecule has 10 heteroatoms. The van der Waals surface area contributed by atoms with Crippen LogP contribution in [0.15, 0.2) is 0 Å². The average molecular weight is 489 g/mol. The summed E-state index contributed by atoms with van der Waals surface area (Å²) >= 11 is 0. The number of hydrogen-bond donors (Lipinski definition) is 7. The maximum Gasteiger partial charge on any atom is 0.300 e. The third-order valence-electron chi connectivity index (χ3n) is 5.31. The fourth-order valence-electron chi connectivity index (χ4n) is 3.28. The fourth-order valence-corrected chi connectivity index (χ4v) is 3.28. The second-order valence-electron chi connectivity index (χ2n) is 8.71. The van der Waals surface area contributed by atoms with Gasteiger partial charge in [-0.1, -0.05) is 51.4 Å². The van der Waals surface area contributed by atoms with Crippen LogP contribution in [0.4, 0.5) is 0 Å². The summed E-state index contributed by atoms with van der Waals surface area (Å²) in [5.41, 5.74) is 22.6. The zero-order valence-corrected chi connectivity index (χ0v) is 21.4. The number of aliphatic carboxylic acids is 1. The van der Waals surface area contributed by atoms with Crippen LogP contribution in [0.3, 0.4) is 0 Å². The standard InChI is InChI=1S/C22H48N6O2.C2H4O2/c23-15-9-7-13-19(25)21(29)27-17-11-5-3-1-2-4-6-12-18-28-22(30)20(26)14-8-10-16-24;1-2(3)4/h19-20H,1-18,23-26H2,(H,27,29)(H,28,30);1H3,(H,3,4). The molecule has 2 unspecified atom stereocenters. The largest absolute Gasteiger partial charge is 0.481 e. The van der Waals surface area contributed by atoms with Crippen LogP contribution in [0.5, 0.6) is 0 Å². The maximum atomic E-state index is 11.8. The molecule has 2 atom stereocenters. The monoisotopic (exact) mass is 488 g/mol. The van der Waals surface area contributed by atoms with Crippen molar-refractivity contribution in [2.24, 2.45) is 22.9 Å². The van der Waals surface area contributed by atoms with E-state index < -0.39 is 18.1 Å². The van der Waals surface area contributed by atoms with Crippen LogP contribution in [-0.2, 0) is 14.4 Å². The first-order valence-electron chi connectivity index (χ1n) is 12.9. The van der Waals surface area contributed by atoms with Crippen LogP contribution in [-0.4, -0.2) is 61.2 Å². The zero-order valence-electron chi connectivity index (χ0n) is 21.4. The molecule has 0 aliphatic heterocycles. The maximum absolute atomic E-state index is 11.8. The molecular weight excluding hydrogens is 436 g/mol. The van der Waals surface area contributed by atoms with Gasteiger partial charge in [0, 0.05) is 20.0 Å². The van der Waals surface area contributed by atoms with Gasteiger partial charge in [-0.05, 0) is 51.6 Å². The number of hydrogen-bond acceptors (Lipinski definition) is 7. The number of amides is 2. The second-order valence-corrected chi connectivity index (χ2v) is 8.71. The Morgan fingerprint density at radius 2 is 0.912 bits per heavy atom. The van der Waals surface area contributed by atoms with E-state index in [2.05, 4.69) is 10.6 Å². The molecule has 0 rings (SSSR count). The molecule has 0 radical (unpaired) electrons. The summed E-state index contributed by atoms with van der Waals surface area (Å²) in [5.74, 6) is -0.925. The summed E-state index contributed by atoms with van der Waals surface area (Å²) in [4.78, 5) is 32.7. The summed E-state index contributed by atoms with van der Waals surface area (Å²) in [6.45, 7) is 3.79. The molecule has 11 N–H and O–H groups in total. The highest BCUT2D eigenvalue weighted by Gasteiger charge is 2.12. The van der Waals surface area contributed by atoms with E-state index in [0.717, 1.165) is 58.3 Å². The minimum Gasteiger partial charge on any atom is -0.481 e. The lowest BCUT2D eigenvalue weighted by Gasteiger charge is -2.12. The molecule has 0 aliphatic carbocycles. The normalized spacial score (nSPS) is 12.3. The highest BCUT2D eigenvalue weighted by molar-refractivity contribution is 5.81. The molecule has 34 heavy (non-hydrogen) atoms. The van der Waals surface area contributed by atoms with Crippen LogP contribution < -0.4 is 33.6 Å². The first kappa shape index (κ1) is 34.4. The Morgan fingerprint density at radius 1 is 0.618 bits per heavy atom. The van der Waals surface area contributed by atoms with E-state index >= 15 is 0 Å². The fraction of sp³-hybridized carbons (Fsp3) is 0.875. The molecule has 10 nitrogen and oxygen atoms in total. The van der Waals surface area contributed by atoms with E-state index in [4.69, 9.17) is 32.8 Å². The van der Waals surface area contributed by atoms with Crippen LogP contribution in [0.1, 0.15) is 96.8 Å². The molecule has 0 spiro atoms. The van der Waals surface area contributed by atoms with Gasteiger partial charge in [0.05, 0.1) is 12.1 Å². The lowest BCUT2D eigenvalue weighted by molar-refractivity contribution is -0.134. The lowest BCUT2D eigenvalue weighted by Crippen LogP contribution is -2.40. The molecule has 202 valence electrons. The first-order valence-corrected chi connectivity index (χ1v) is 12.9. The predicted octanol–water partition coefficient (Wildman–Crippen LogP) is 1.34. The van der Waals surface area contributed by atoms with Gasteiger partial charge in [0.2, 0.25) is 11.8 Å². The van der Waals surface area contributed by atoms with Crippen molar-refractivity contribution >= 4 is 17.8 Å². The van der Waals surface area contributed by atoms with Crippen molar-refractivity contribution in [3.63, 3.8) is 0 Å². The first-order chi connectivity index (χ1) is 16.3. The van der Waals surface area contributed by atoms with Crippen molar-refractivity contribution in [3.8, 4) is 0 Å². The summed E-state index contributed by atoms with van der Waals surface area (Å²) in [6, 6.07) is -0.818. The SMILES string of the molecule is CC(=O)O.NCCCCC(N)C(=O)NCCCCCCCCCCNC(=O)C(N)CCCCN. The Bertz CT molecular complexity index is 466. The lowest BCUT2D eigenvalue weighted by atomic mass is 10.1. The molecule has 2 amide bonds. The van der Waals surface area contributed by atoms with E-state index in [1.54, 1.807) is 0 Å². The number of rotatable bonds is 21. The van der Waals surface area contributed by atoms with Crippen molar-refractivity contribution in [3.05, 3.63) is 0 Å². The number of carboxylic acid groups (broad SMARTS) is 1. The van der Waals surface area contributed by atoms with Gasteiger partial charge in [-0.2, -0.15) is 0 Å². The summed E-state index contributed by atoms with van der Waals surface area (Å²) in [5, 5.41) is 13.3. The van der Waals surface area contributed by atoms with Gasteiger partial charge < -0.3 is 38.7 Å². The zero-order chi connectivity index (χ0) is 26.0. The van der Waals surface area contributed by atoms with Gasteiger partial charge in [0.25, 0.3) is 5.97 Å². The summed E-state index contributed by atoms with van der Waals surface area (Å²) in [6.07, 6.45) is 14.1. The molecule has 0 aliphatic rings. The van der Waals surface area contributed by atoms with Gasteiger partial charge in [-0.3, -0.25) is 14.4 Å². The third kappa shape index (κ3) is 26.5. The number of carbonyl (C=O) groups excluding carboxylic acids is 2. The molecule has 0 heterocycles. The minimum absolute atomic E-state index is 0.0457. The van der Waals surface area contributed by atoms with Crippen LogP contribution in [0.25, 0.3) is 0 Å². The molecule has 0 saturated heterocycles. The van der Waals surface area contributed by atoms with E-state index in [9.17, 15) is 9.59 Å². The number of carboxylic acids is 1. The van der Waals surface area contributed by atoms with Gasteiger partial charge in [-0.15, -0.1) is 0 Å². The van der Waals surface area contributed by atoms with Crippen molar-refractivity contribution in [2.75, 3.05) is 26.2 Å². The third-order valence-corrected chi connectivity index (χ3v) is 5.31. The van der Waals surface area contributed by atoms with Crippen molar-refractivity contribution in [1.29, 1.82) is 0 Å². The number of nitrogens with two attached hydrogens (primary N) is 4. The highest BCUT2D eigenvalue weighted by atomic mass is 16.4. The van der Waals surface area contributed by atoms with E-state index in [-0.39, 0.29) is 11.8 Å². The van der Waals surface area contributed by atoms with Gasteiger partial charge in [-0.25, -0.2) is 0 Å². The van der Waals surface area contributed by atoms with Gasteiger partial charge >= 0.3 is 0 Å². The predicted molar refractivity (Wildman–Crippen MR) is 138 cm³/mol. The Labute approximate surface area is 206 Å². The topological polar surface area (TPSA) is 200 Å². The van der Waals surface area contributed by atoms with Crippen molar-refractivity contribution in [2.45, 2.75) is 109 Å². The molecule has 0 aromatic rings. The van der Waals surface area contributed by atoms with Crippen molar-refractivity contribution < 1.29 is 19.5 Å². The molecule has 0 fully saturated rings. The number of carbonyl (C=O) groups is 3. The Balaban J connectivity index is 0. The van der Waals surface area contributed by atoms with Crippen LogP contribution in [0, 0.1) is 0 Å². The van der Waals surface area contributed by atoms with E-state index in [1.165, 1.54) is 25.7 Å².